The molecule has 1 atom stereocenters. The van der Waals surface area contributed by atoms with Crippen molar-refractivity contribution in [3.63, 3.8) is 0 Å². The fraction of sp³-hybridized carbons (Fsp3) is 0.400. The quantitative estimate of drug-likeness (QED) is 0.728. The molecule has 7 nitrogen and oxygen atoms in total. The van der Waals surface area contributed by atoms with Crippen molar-refractivity contribution in [2.45, 2.75) is 32.9 Å². The maximum atomic E-state index is 12.2. The number of carbonyl (C=O) groups excluding carboxylic acids is 3. The number of aliphatic hydroxyl groups excluding tert-OH is 1. The van der Waals surface area contributed by atoms with Gasteiger partial charge in [0.2, 0.25) is 0 Å². The van der Waals surface area contributed by atoms with Gasteiger partial charge in [-0.3, -0.25) is 14.5 Å². The predicted molar refractivity (Wildman–Crippen MR) is 80.8 cm³/mol. The van der Waals surface area contributed by atoms with E-state index in [2.05, 4.69) is 10.6 Å². The lowest BCUT2D eigenvalue weighted by atomic mass is 10.1. The van der Waals surface area contributed by atoms with Crippen LogP contribution in [0.3, 0.4) is 0 Å². The number of hydrogen-bond donors (Lipinski definition) is 3. The van der Waals surface area contributed by atoms with Crippen molar-refractivity contribution in [3.8, 4) is 0 Å². The van der Waals surface area contributed by atoms with E-state index in [0.717, 1.165) is 0 Å². The highest BCUT2D eigenvalue weighted by Crippen LogP contribution is 2.27. The van der Waals surface area contributed by atoms with Gasteiger partial charge in [-0.25, -0.2) is 4.79 Å². The number of urea groups is 1. The van der Waals surface area contributed by atoms with Crippen molar-refractivity contribution in [3.05, 3.63) is 29.3 Å². The zero-order valence-corrected chi connectivity index (χ0v) is 12.7. The fourth-order valence-corrected chi connectivity index (χ4v) is 2.22. The van der Waals surface area contributed by atoms with Gasteiger partial charge in [0, 0.05) is 18.3 Å². The van der Waals surface area contributed by atoms with Crippen molar-refractivity contribution in [1.82, 2.24) is 10.2 Å². The maximum Gasteiger partial charge on any atom is 0.319 e. The van der Waals surface area contributed by atoms with E-state index in [-0.39, 0.29) is 30.0 Å². The van der Waals surface area contributed by atoms with Crippen LogP contribution in [-0.4, -0.2) is 46.5 Å². The minimum Gasteiger partial charge on any atom is -0.392 e. The van der Waals surface area contributed by atoms with Crippen LogP contribution in [0.1, 0.15) is 41.5 Å². The number of amides is 4. The summed E-state index contributed by atoms with van der Waals surface area (Å²) < 4.78 is 0. The van der Waals surface area contributed by atoms with E-state index in [1.54, 1.807) is 26.8 Å². The van der Waals surface area contributed by atoms with Gasteiger partial charge in [-0.05, 0) is 39.0 Å². The molecule has 0 aromatic heterocycles. The number of hydrogen-bond acceptors (Lipinski definition) is 4. The van der Waals surface area contributed by atoms with E-state index >= 15 is 0 Å². The monoisotopic (exact) mass is 305 g/mol. The predicted octanol–water partition coefficient (Wildman–Crippen LogP) is 1.19. The minimum atomic E-state index is -0.649. The van der Waals surface area contributed by atoms with Crippen LogP contribution in [0.4, 0.5) is 10.5 Å². The number of nitrogens with zero attached hydrogens (tertiary/aromatic N) is 1. The van der Waals surface area contributed by atoms with Crippen molar-refractivity contribution < 1.29 is 19.5 Å². The van der Waals surface area contributed by atoms with Crippen LogP contribution in [0.5, 0.6) is 0 Å². The number of nitrogens with one attached hydrogen (secondary N) is 2. The molecule has 0 bridgehead atoms. The standard InChI is InChI=1S/C15H19N3O4/c1-8(2)18-13(20)11-5-4-10(6-12(11)14(18)21)17-15(22)16-7-9(3)19/h4-6,8-9,19H,7H2,1-3H3,(H2,16,17,22). The molecular formula is C15H19N3O4. The minimum absolute atomic E-state index is 0.120. The van der Waals surface area contributed by atoms with Crippen LogP contribution in [0, 0.1) is 0 Å². The van der Waals surface area contributed by atoms with Gasteiger partial charge in [-0.15, -0.1) is 0 Å². The van der Waals surface area contributed by atoms with Crippen LogP contribution < -0.4 is 10.6 Å². The van der Waals surface area contributed by atoms with E-state index in [0.29, 0.717) is 11.3 Å². The summed E-state index contributed by atoms with van der Waals surface area (Å²) in [7, 11) is 0. The molecule has 0 fully saturated rings. The van der Waals surface area contributed by atoms with Gasteiger partial charge in [0.05, 0.1) is 17.2 Å². The maximum absolute atomic E-state index is 12.2. The van der Waals surface area contributed by atoms with E-state index < -0.39 is 12.1 Å². The lowest BCUT2D eigenvalue weighted by Gasteiger charge is -2.17. The van der Waals surface area contributed by atoms with Crippen molar-refractivity contribution in [1.29, 1.82) is 0 Å². The molecule has 1 heterocycles. The first-order chi connectivity index (χ1) is 10.3. The van der Waals surface area contributed by atoms with Gasteiger partial charge in [-0.2, -0.15) is 0 Å². The van der Waals surface area contributed by atoms with Gasteiger partial charge in [0.1, 0.15) is 0 Å². The highest BCUT2D eigenvalue weighted by molar-refractivity contribution is 6.22. The Labute approximate surface area is 128 Å². The van der Waals surface area contributed by atoms with Crippen molar-refractivity contribution in [2.75, 3.05) is 11.9 Å². The Morgan fingerprint density at radius 3 is 2.41 bits per heavy atom. The third kappa shape index (κ3) is 3.09. The van der Waals surface area contributed by atoms with E-state index in [1.807, 2.05) is 0 Å². The first-order valence-electron chi connectivity index (χ1n) is 7.06. The molecule has 1 aliphatic heterocycles. The lowest BCUT2D eigenvalue weighted by molar-refractivity contribution is 0.0609. The third-order valence-electron chi connectivity index (χ3n) is 3.25. The number of rotatable bonds is 4. The summed E-state index contributed by atoms with van der Waals surface area (Å²) in [4.78, 5) is 37.2. The Bertz CT molecular complexity index is 625. The third-order valence-corrected chi connectivity index (χ3v) is 3.25. The number of benzene rings is 1. The first-order valence-corrected chi connectivity index (χ1v) is 7.06. The second kappa shape index (κ2) is 6.15. The van der Waals surface area contributed by atoms with Gasteiger partial charge >= 0.3 is 6.03 Å². The average Bonchev–Trinajstić information content (AvgIpc) is 2.68. The SMILES string of the molecule is CC(O)CNC(=O)Nc1ccc2c(c1)C(=O)N(C(C)C)C2=O. The van der Waals surface area contributed by atoms with Crippen LogP contribution in [-0.2, 0) is 0 Å². The normalized spacial score (nSPS) is 15.0. The molecule has 1 unspecified atom stereocenters. The summed E-state index contributed by atoms with van der Waals surface area (Å²) in [5.41, 5.74) is 1.04. The summed E-state index contributed by atoms with van der Waals surface area (Å²) >= 11 is 0. The Kier molecular flexibility index (Phi) is 4.46. The Balaban J connectivity index is 2.15. The van der Waals surface area contributed by atoms with E-state index in [1.165, 1.54) is 17.0 Å². The number of anilines is 1. The molecule has 0 radical (unpaired) electrons. The van der Waals surface area contributed by atoms with Gasteiger partial charge < -0.3 is 15.7 Å². The molecule has 0 aliphatic carbocycles. The molecule has 22 heavy (non-hydrogen) atoms. The smallest absolute Gasteiger partial charge is 0.319 e. The highest BCUT2D eigenvalue weighted by atomic mass is 16.3. The summed E-state index contributed by atoms with van der Waals surface area (Å²) in [5.74, 6) is -0.678. The van der Waals surface area contributed by atoms with Crippen LogP contribution >= 0.6 is 0 Å². The molecule has 4 amide bonds. The zero-order chi connectivity index (χ0) is 16.4. The number of fused-ring (bicyclic) bond motifs is 1. The Hall–Kier alpha value is -2.41. The Morgan fingerprint density at radius 2 is 1.82 bits per heavy atom. The first kappa shape index (κ1) is 16.0. The van der Waals surface area contributed by atoms with Crippen LogP contribution in [0.2, 0.25) is 0 Å². The number of carbonyl (C=O) groups is 3. The lowest BCUT2D eigenvalue weighted by Crippen LogP contribution is -2.35. The molecule has 2 rings (SSSR count). The molecule has 1 aromatic carbocycles. The molecule has 3 N–H and O–H groups in total. The molecule has 118 valence electrons. The Morgan fingerprint density at radius 1 is 1.18 bits per heavy atom. The second-order valence-corrected chi connectivity index (χ2v) is 5.52. The molecule has 0 saturated heterocycles. The van der Waals surface area contributed by atoms with Crippen LogP contribution in [0.25, 0.3) is 0 Å². The summed E-state index contributed by atoms with van der Waals surface area (Å²) in [5, 5.41) is 14.2. The van der Waals surface area contributed by atoms with Crippen LogP contribution in [0.15, 0.2) is 18.2 Å². The summed E-state index contributed by atoms with van der Waals surface area (Å²) in [6.45, 7) is 5.21. The summed E-state index contributed by atoms with van der Waals surface area (Å²) in [6.07, 6.45) is -0.649. The van der Waals surface area contributed by atoms with Crippen molar-refractivity contribution in [2.24, 2.45) is 0 Å². The molecule has 7 heteroatoms. The molecule has 0 saturated carbocycles. The molecular weight excluding hydrogens is 286 g/mol. The fourth-order valence-electron chi connectivity index (χ4n) is 2.22. The van der Waals surface area contributed by atoms with Gasteiger partial charge in [-0.1, -0.05) is 0 Å². The van der Waals surface area contributed by atoms with Gasteiger partial charge in [0.25, 0.3) is 11.8 Å². The van der Waals surface area contributed by atoms with E-state index in [4.69, 9.17) is 5.11 Å². The van der Waals surface area contributed by atoms with E-state index in [9.17, 15) is 14.4 Å². The molecule has 0 spiro atoms. The average molecular weight is 305 g/mol. The zero-order valence-electron chi connectivity index (χ0n) is 12.7. The van der Waals surface area contributed by atoms with Gasteiger partial charge in [0.15, 0.2) is 0 Å². The largest absolute Gasteiger partial charge is 0.392 e. The topological polar surface area (TPSA) is 98.7 Å². The second-order valence-electron chi connectivity index (χ2n) is 5.52. The molecule has 1 aromatic rings. The number of imide groups is 1. The number of aliphatic hydroxyl groups is 1. The summed E-state index contributed by atoms with van der Waals surface area (Å²) in [6, 6.07) is 3.87. The highest BCUT2D eigenvalue weighted by Gasteiger charge is 2.37. The van der Waals surface area contributed by atoms with Crippen molar-refractivity contribution >= 4 is 23.5 Å². The molecule has 1 aliphatic rings.